The molecule has 0 aliphatic carbocycles. The number of carbonyl (C=O) groups is 1. The third-order valence-electron chi connectivity index (χ3n) is 2.53. The molecule has 0 aromatic heterocycles. The van der Waals surface area contributed by atoms with Gasteiger partial charge in [0.1, 0.15) is 0 Å². The van der Waals surface area contributed by atoms with Gasteiger partial charge >= 0.3 is 5.97 Å². The van der Waals surface area contributed by atoms with Crippen LogP contribution in [0.25, 0.3) is 0 Å². The predicted octanol–water partition coefficient (Wildman–Crippen LogP) is 3.50. The zero-order chi connectivity index (χ0) is 11.5. The molecule has 0 fully saturated rings. The summed E-state index contributed by atoms with van der Waals surface area (Å²) in [4.78, 5) is 11.3. The van der Waals surface area contributed by atoms with E-state index in [1.165, 1.54) is 19.3 Å². The summed E-state index contributed by atoms with van der Waals surface area (Å²) in [5, 5.41) is 0. The van der Waals surface area contributed by atoms with Gasteiger partial charge in [0.25, 0.3) is 0 Å². The van der Waals surface area contributed by atoms with E-state index in [1.807, 2.05) is 6.26 Å². The molecule has 0 radical (unpaired) electrons. The number of rotatable bonds is 9. The van der Waals surface area contributed by atoms with Crippen LogP contribution in [0.4, 0.5) is 0 Å². The lowest BCUT2D eigenvalue weighted by molar-refractivity contribution is -0.144. The van der Waals surface area contributed by atoms with Crippen molar-refractivity contribution in [3.8, 4) is 0 Å². The molecule has 15 heavy (non-hydrogen) atoms. The van der Waals surface area contributed by atoms with E-state index in [0.29, 0.717) is 18.9 Å². The highest BCUT2D eigenvalue weighted by molar-refractivity contribution is 7.98. The fourth-order valence-electron chi connectivity index (χ4n) is 1.37. The largest absolute Gasteiger partial charge is 0.465 e. The van der Waals surface area contributed by atoms with Crippen LogP contribution in [0.15, 0.2) is 0 Å². The summed E-state index contributed by atoms with van der Waals surface area (Å²) in [5.74, 6) is 1.38. The lowest BCUT2D eigenvalue weighted by atomic mass is 10.0. The summed E-state index contributed by atoms with van der Waals surface area (Å²) in [7, 11) is 0. The first kappa shape index (κ1) is 14.8. The van der Waals surface area contributed by atoms with Crippen LogP contribution < -0.4 is 0 Å². The second kappa shape index (κ2) is 10.3. The summed E-state index contributed by atoms with van der Waals surface area (Å²) in [6, 6.07) is 0. The first-order valence-corrected chi connectivity index (χ1v) is 7.28. The van der Waals surface area contributed by atoms with E-state index >= 15 is 0 Å². The van der Waals surface area contributed by atoms with E-state index in [9.17, 15) is 4.79 Å². The molecule has 3 heteroatoms. The molecule has 0 spiro atoms. The van der Waals surface area contributed by atoms with Crippen molar-refractivity contribution in [1.82, 2.24) is 0 Å². The van der Waals surface area contributed by atoms with Crippen LogP contribution in [0.1, 0.15) is 46.0 Å². The van der Waals surface area contributed by atoms with Crippen molar-refractivity contribution in [2.75, 3.05) is 18.6 Å². The molecule has 90 valence electrons. The Morgan fingerprint density at radius 3 is 2.67 bits per heavy atom. The minimum Gasteiger partial charge on any atom is -0.465 e. The predicted molar refractivity (Wildman–Crippen MR) is 67.3 cm³/mol. The molecule has 0 aliphatic rings. The Bertz CT molecular complexity index is 160. The molecule has 0 rings (SSSR count). The summed E-state index contributed by atoms with van der Waals surface area (Å²) in [6.07, 6.45) is 7.30. The molecule has 0 aromatic rings. The molecule has 0 N–H and O–H groups in total. The first-order valence-electron chi connectivity index (χ1n) is 5.89. The molecule has 0 aromatic carbocycles. The van der Waals surface area contributed by atoms with E-state index in [0.717, 1.165) is 12.2 Å². The molecule has 0 saturated heterocycles. The van der Waals surface area contributed by atoms with Crippen molar-refractivity contribution in [1.29, 1.82) is 0 Å². The van der Waals surface area contributed by atoms with Crippen LogP contribution in [0, 0.1) is 5.92 Å². The molecule has 0 amide bonds. The molecule has 2 nitrogen and oxygen atoms in total. The van der Waals surface area contributed by atoms with Gasteiger partial charge in [0, 0.05) is 5.75 Å². The highest BCUT2D eigenvalue weighted by atomic mass is 32.2. The summed E-state index contributed by atoms with van der Waals surface area (Å²) >= 11 is 1.68. The quantitative estimate of drug-likeness (QED) is 0.569. The Morgan fingerprint density at radius 1 is 1.40 bits per heavy atom. The van der Waals surface area contributed by atoms with Gasteiger partial charge in [-0.1, -0.05) is 33.1 Å². The summed E-state index contributed by atoms with van der Waals surface area (Å²) < 4.78 is 5.24. The van der Waals surface area contributed by atoms with Gasteiger partial charge in [-0.05, 0) is 18.6 Å². The molecule has 0 aliphatic heterocycles. The standard InChI is InChI=1S/C12H24O2S/c1-4-6-7-11(5-2)10-14-12(13)8-9-15-3/h11H,4-10H2,1-3H3. The highest BCUT2D eigenvalue weighted by Crippen LogP contribution is 2.13. The fraction of sp³-hybridized carbons (Fsp3) is 0.917. The van der Waals surface area contributed by atoms with Gasteiger partial charge in [0.2, 0.25) is 0 Å². The molecule has 1 atom stereocenters. The van der Waals surface area contributed by atoms with E-state index < -0.39 is 0 Å². The van der Waals surface area contributed by atoms with Crippen LogP contribution in [0.5, 0.6) is 0 Å². The Kier molecular flexibility index (Phi) is 10.2. The molecule has 0 saturated carbocycles. The van der Waals surface area contributed by atoms with Crippen LogP contribution in [0.3, 0.4) is 0 Å². The van der Waals surface area contributed by atoms with E-state index in [1.54, 1.807) is 11.8 Å². The van der Waals surface area contributed by atoms with Gasteiger partial charge in [-0.2, -0.15) is 11.8 Å². The van der Waals surface area contributed by atoms with Crippen molar-refractivity contribution in [3.05, 3.63) is 0 Å². The van der Waals surface area contributed by atoms with Crippen molar-refractivity contribution < 1.29 is 9.53 Å². The number of unbranched alkanes of at least 4 members (excludes halogenated alkanes) is 1. The third kappa shape index (κ3) is 8.79. The Labute approximate surface area is 98.2 Å². The number of ether oxygens (including phenoxy) is 1. The average Bonchev–Trinajstić information content (AvgIpc) is 2.26. The maximum absolute atomic E-state index is 11.3. The average molecular weight is 232 g/mol. The Hall–Kier alpha value is -0.180. The number of thioether (sulfide) groups is 1. The minimum absolute atomic E-state index is 0.0423. The number of hydrogen-bond donors (Lipinski definition) is 0. The molecule has 1 unspecified atom stereocenters. The van der Waals surface area contributed by atoms with E-state index in [4.69, 9.17) is 4.74 Å². The van der Waals surface area contributed by atoms with Crippen molar-refractivity contribution >= 4 is 17.7 Å². The van der Waals surface area contributed by atoms with Crippen LogP contribution in [-0.4, -0.2) is 24.6 Å². The fourth-order valence-corrected chi connectivity index (χ4v) is 1.74. The molecule has 0 heterocycles. The zero-order valence-corrected chi connectivity index (χ0v) is 11.1. The molecular weight excluding hydrogens is 208 g/mol. The van der Waals surface area contributed by atoms with Gasteiger partial charge in [-0.15, -0.1) is 0 Å². The first-order chi connectivity index (χ1) is 7.24. The molecule has 0 bridgehead atoms. The SMILES string of the molecule is CCCCC(CC)COC(=O)CCSC. The van der Waals surface area contributed by atoms with Gasteiger partial charge in [-0.3, -0.25) is 4.79 Å². The highest BCUT2D eigenvalue weighted by Gasteiger charge is 2.09. The molecular formula is C12H24O2S. The van der Waals surface area contributed by atoms with Crippen molar-refractivity contribution in [2.24, 2.45) is 5.92 Å². The Balaban J connectivity index is 3.55. The van der Waals surface area contributed by atoms with Gasteiger partial charge in [0.05, 0.1) is 13.0 Å². The second-order valence-corrected chi connectivity index (χ2v) is 4.83. The van der Waals surface area contributed by atoms with Gasteiger partial charge in [0.15, 0.2) is 0 Å². The van der Waals surface area contributed by atoms with Crippen molar-refractivity contribution in [2.45, 2.75) is 46.0 Å². The monoisotopic (exact) mass is 232 g/mol. The van der Waals surface area contributed by atoms with Crippen LogP contribution >= 0.6 is 11.8 Å². The number of hydrogen-bond acceptors (Lipinski definition) is 3. The zero-order valence-electron chi connectivity index (χ0n) is 10.3. The van der Waals surface area contributed by atoms with Gasteiger partial charge < -0.3 is 4.74 Å². The lowest BCUT2D eigenvalue weighted by Gasteiger charge is -2.14. The summed E-state index contributed by atoms with van der Waals surface area (Å²) in [5.41, 5.74) is 0. The van der Waals surface area contributed by atoms with E-state index in [2.05, 4.69) is 13.8 Å². The third-order valence-corrected chi connectivity index (χ3v) is 3.15. The maximum atomic E-state index is 11.3. The normalized spacial score (nSPS) is 12.5. The smallest absolute Gasteiger partial charge is 0.306 e. The lowest BCUT2D eigenvalue weighted by Crippen LogP contribution is -2.14. The van der Waals surface area contributed by atoms with E-state index in [-0.39, 0.29) is 5.97 Å². The minimum atomic E-state index is -0.0423. The Morgan fingerprint density at radius 2 is 2.13 bits per heavy atom. The van der Waals surface area contributed by atoms with Crippen LogP contribution in [-0.2, 0) is 9.53 Å². The van der Waals surface area contributed by atoms with Crippen molar-refractivity contribution in [3.63, 3.8) is 0 Å². The number of esters is 1. The van der Waals surface area contributed by atoms with Gasteiger partial charge in [-0.25, -0.2) is 0 Å². The van der Waals surface area contributed by atoms with Crippen LogP contribution in [0.2, 0.25) is 0 Å². The maximum Gasteiger partial charge on any atom is 0.306 e. The topological polar surface area (TPSA) is 26.3 Å². The number of carbonyl (C=O) groups excluding carboxylic acids is 1. The second-order valence-electron chi connectivity index (χ2n) is 3.84. The summed E-state index contributed by atoms with van der Waals surface area (Å²) in [6.45, 7) is 4.97.